The molecule has 98 valence electrons. The molecule has 0 bridgehead atoms. The molecule has 0 aliphatic carbocycles. The average molecular weight is 255 g/mol. The van der Waals surface area contributed by atoms with E-state index in [-0.39, 0.29) is 29.1 Å². The summed E-state index contributed by atoms with van der Waals surface area (Å²) in [5.74, 6) is -0.270. The zero-order valence-electron chi connectivity index (χ0n) is 10.5. The first-order valence-corrected chi connectivity index (χ1v) is 5.47. The number of alkyl halides is 2. The summed E-state index contributed by atoms with van der Waals surface area (Å²) in [4.78, 5) is 16.4. The van der Waals surface area contributed by atoms with Crippen molar-refractivity contribution in [1.29, 1.82) is 0 Å². The summed E-state index contributed by atoms with van der Waals surface area (Å²) in [7, 11) is 0. The minimum absolute atomic E-state index is 0.138. The van der Waals surface area contributed by atoms with E-state index in [0.29, 0.717) is 5.71 Å². The Bertz CT molecular complexity index is 466. The van der Waals surface area contributed by atoms with Gasteiger partial charge in [0.1, 0.15) is 6.61 Å². The van der Waals surface area contributed by atoms with Gasteiger partial charge in [-0.15, -0.1) is 0 Å². The fraction of sp³-hybridized carbons (Fsp3) is 0.385. The van der Waals surface area contributed by atoms with Gasteiger partial charge in [0.2, 0.25) is 0 Å². The van der Waals surface area contributed by atoms with Crippen molar-refractivity contribution >= 4 is 11.5 Å². The van der Waals surface area contributed by atoms with Gasteiger partial charge in [-0.1, -0.05) is 23.4 Å². The molecule has 0 unspecified atom stereocenters. The lowest BCUT2D eigenvalue weighted by Crippen LogP contribution is -2.05. The molecule has 3 nitrogen and oxygen atoms in total. The predicted molar refractivity (Wildman–Crippen MR) is 65.0 cm³/mol. The van der Waals surface area contributed by atoms with Crippen LogP contribution in [0.5, 0.6) is 0 Å². The lowest BCUT2D eigenvalue weighted by molar-refractivity contribution is 0.0993. The Labute approximate surface area is 104 Å². The maximum absolute atomic E-state index is 12.9. The molecule has 0 radical (unpaired) electrons. The molecular formula is C13H15F2NO2. The molecule has 1 aromatic rings. The average Bonchev–Trinajstić information content (AvgIpc) is 2.28. The molecule has 0 fully saturated rings. The van der Waals surface area contributed by atoms with Gasteiger partial charge in [0.25, 0.3) is 6.43 Å². The van der Waals surface area contributed by atoms with Crippen molar-refractivity contribution in [2.45, 2.75) is 33.8 Å². The van der Waals surface area contributed by atoms with Crippen LogP contribution < -0.4 is 0 Å². The van der Waals surface area contributed by atoms with Crippen LogP contribution in [0.25, 0.3) is 0 Å². The Balaban J connectivity index is 3.11. The highest BCUT2D eigenvalue weighted by molar-refractivity contribution is 5.95. The summed E-state index contributed by atoms with van der Waals surface area (Å²) in [6.07, 6.45) is -2.64. The molecule has 0 heterocycles. The van der Waals surface area contributed by atoms with Crippen molar-refractivity contribution < 1.29 is 18.4 Å². The predicted octanol–water partition coefficient (Wildman–Crippen LogP) is 3.74. The maximum atomic E-state index is 12.9. The van der Waals surface area contributed by atoms with Crippen molar-refractivity contribution in [1.82, 2.24) is 0 Å². The van der Waals surface area contributed by atoms with Crippen molar-refractivity contribution in [2.75, 3.05) is 0 Å². The van der Waals surface area contributed by atoms with Crippen LogP contribution in [0, 0.1) is 0 Å². The minimum Gasteiger partial charge on any atom is -0.391 e. The van der Waals surface area contributed by atoms with Gasteiger partial charge in [0, 0.05) is 16.7 Å². The smallest absolute Gasteiger partial charge is 0.264 e. The van der Waals surface area contributed by atoms with Crippen molar-refractivity contribution in [3.05, 3.63) is 34.9 Å². The van der Waals surface area contributed by atoms with Gasteiger partial charge >= 0.3 is 0 Å². The fourth-order valence-electron chi connectivity index (χ4n) is 1.53. The van der Waals surface area contributed by atoms with E-state index in [2.05, 4.69) is 5.16 Å². The molecule has 0 N–H and O–H groups in total. The van der Waals surface area contributed by atoms with E-state index < -0.39 is 6.43 Å². The van der Waals surface area contributed by atoms with Crippen LogP contribution in [-0.4, -0.2) is 11.5 Å². The first-order chi connectivity index (χ1) is 8.43. The van der Waals surface area contributed by atoms with E-state index in [4.69, 9.17) is 4.84 Å². The zero-order valence-corrected chi connectivity index (χ0v) is 10.5. The molecule has 0 aliphatic rings. The molecule has 0 saturated carbocycles. The van der Waals surface area contributed by atoms with Crippen LogP contribution in [-0.2, 0) is 11.4 Å². The number of benzene rings is 1. The van der Waals surface area contributed by atoms with Crippen LogP contribution in [0.1, 0.15) is 48.7 Å². The lowest BCUT2D eigenvalue weighted by atomic mass is 9.99. The summed E-state index contributed by atoms with van der Waals surface area (Å²) in [6.45, 7) is 4.65. The molecule has 1 rings (SSSR count). The number of Topliss-reactive ketones (excluding diaryl/α,β-unsaturated/α-hetero) is 1. The number of halogens is 2. The van der Waals surface area contributed by atoms with Crippen LogP contribution in [0.4, 0.5) is 8.78 Å². The summed E-state index contributed by atoms with van der Waals surface area (Å²) in [5.41, 5.74) is 0.933. The first-order valence-electron chi connectivity index (χ1n) is 5.47. The standard InChI is InChI=1S/C13H15F2NO2/c1-8(2)16-18-7-12-10(9(3)17)5-4-6-11(12)13(14)15/h4-6,13H,7H2,1-3H3. The molecular weight excluding hydrogens is 240 g/mol. The Morgan fingerprint density at radius 1 is 1.33 bits per heavy atom. The van der Waals surface area contributed by atoms with Gasteiger partial charge in [0.05, 0.1) is 5.71 Å². The quantitative estimate of drug-likeness (QED) is 0.456. The van der Waals surface area contributed by atoms with Crippen molar-refractivity contribution in [3.63, 3.8) is 0 Å². The molecule has 5 heteroatoms. The summed E-state index contributed by atoms with van der Waals surface area (Å²) >= 11 is 0. The van der Waals surface area contributed by atoms with Crippen molar-refractivity contribution in [3.8, 4) is 0 Å². The van der Waals surface area contributed by atoms with E-state index in [0.717, 1.165) is 0 Å². The highest BCUT2D eigenvalue weighted by atomic mass is 19.3. The third-order valence-corrected chi connectivity index (χ3v) is 2.28. The zero-order chi connectivity index (χ0) is 13.7. The molecule has 1 aromatic carbocycles. The van der Waals surface area contributed by atoms with E-state index in [1.54, 1.807) is 13.8 Å². The second kappa shape index (κ2) is 6.23. The number of hydrogen-bond acceptors (Lipinski definition) is 3. The van der Waals surface area contributed by atoms with Gasteiger partial charge < -0.3 is 4.84 Å². The maximum Gasteiger partial charge on any atom is 0.264 e. The Morgan fingerprint density at radius 2 is 2.00 bits per heavy atom. The van der Waals surface area contributed by atoms with Crippen LogP contribution in [0.15, 0.2) is 23.4 Å². The highest BCUT2D eigenvalue weighted by Crippen LogP contribution is 2.26. The molecule has 0 spiro atoms. The molecule has 0 amide bonds. The molecule has 18 heavy (non-hydrogen) atoms. The third kappa shape index (κ3) is 3.61. The molecule has 0 saturated heterocycles. The molecule has 0 aliphatic heterocycles. The van der Waals surface area contributed by atoms with Crippen LogP contribution in [0.2, 0.25) is 0 Å². The van der Waals surface area contributed by atoms with Gasteiger partial charge in [-0.2, -0.15) is 0 Å². The van der Waals surface area contributed by atoms with E-state index >= 15 is 0 Å². The number of hydrogen-bond donors (Lipinski definition) is 0. The normalized spacial score (nSPS) is 10.3. The fourth-order valence-corrected chi connectivity index (χ4v) is 1.53. The Morgan fingerprint density at radius 3 is 2.50 bits per heavy atom. The number of carbonyl (C=O) groups is 1. The summed E-state index contributed by atoms with van der Waals surface area (Å²) in [5, 5.41) is 3.68. The molecule has 0 atom stereocenters. The number of carbonyl (C=O) groups excluding carboxylic acids is 1. The van der Waals surface area contributed by atoms with Gasteiger partial charge in [-0.25, -0.2) is 8.78 Å². The van der Waals surface area contributed by atoms with Gasteiger partial charge in [-0.3, -0.25) is 4.79 Å². The topological polar surface area (TPSA) is 38.7 Å². The minimum atomic E-state index is -2.64. The summed E-state index contributed by atoms with van der Waals surface area (Å²) in [6, 6.07) is 4.24. The van der Waals surface area contributed by atoms with Gasteiger partial charge in [-0.05, 0) is 20.8 Å². The van der Waals surface area contributed by atoms with Crippen molar-refractivity contribution in [2.24, 2.45) is 5.16 Å². The summed E-state index contributed by atoms with van der Waals surface area (Å²) < 4.78 is 25.7. The number of rotatable bonds is 5. The monoisotopic (exact) mass is 255 g/mol. The second-order valence-corrected chi connectivity index (χ2v) is 4.04. The number of oxime groups is 1. The van der Waals surface area contributed by atoms with E-state index in [9.17, 15) is 13.6 Å². The Kier molecular flexibility index (Phi) is 4.95. The lowest BCUT2D eigenvalue weighted by Gasteiger charge is -2.11. The largest absolute Gasteiger partial charge is 0.391 e. The number of nitrogens with zero attached hydrogens (tertiary/aromatic N) is 1. The Hall–Kier alpha value is -1.78. The van der Waals surface area contributed by atoms with E-state index in [1.807, 2.05) is 0 Å². The van der Waals surface area contributed by atoms with E-state index in [1.165, 1.54) is 25.1 Å². The van der Waals surface area contributed by atoms with Crippen LogP contribution >= 0.6 is 0 Å². The van der Waals surface area contributed by atoms with Gasteiger partial charge in [0.15, 0.2) is 5.78 Å². The number of ketones is 1. The third-order valence-electron chi connectivity index (χ3n) is 2.28. The highest BCUT2D eigenvalue weighted by Gasteiger charge is 2.18. The SMILES string of the molecule is CC(=O)c1cccc(C(F)F)c1CON=C(C)C. The second-order valence-electron chi connectivity index (χ2n) is 4.04. The van der Waals surface area contributed by atoms with Crippen LogP contribution in [0.3, 0.4) is 0 Å². The molecule has 0 aromatic heterocycles. The first kappa shape index (κ1) is 14.3.